The number of aromatic nitrogens is 4. The fourth-order valence-electron chi connectivity index (χ4n) is 4.96. The third-order valence-corrected chi connectivity index (χ3v) is 7.51. The Hall–Kier alpha value is -3.60. The van der Waals surface area contributed by atoms with E-state index in [1.807, 2.05) is 73.3 Å². The highest BCUT2D eigenvalue weighted by molar-refractivity contribution is 5.58. The lowest BCUT2D eigenvalue weighted by atomic mass is 10.1. The molecule has 0 saturated carbocycles. The smallest absolute Gasteiger partial charge is 0.159 e. The van der Waals surface area contributed by atoms with E-state index < -0.39 is 0 Å². The first kappa shape index (κ1) is 30.4. The normalized spacial score (nSPS) is 11.1. The summed E-state index contributed by atoms with van der Waals surface area (Å²) in [4.78, 5) is 18.4. The molecule has 0 aliphatic heterocycles. The molecule has 0 N–H and O–H groups in total. The van der Waals surface area contributed by atoms with Gasteiger partial charge in [0.15, 0.2) is 11.6 Å². The summed E-state index contributed by atoms with van der Waals surface area (Å²) in [5.41, 5.74) is 4.39. The number of benzene rings is 2. The molecule has 0 saturated heterocycles. The molecule has 2 aromatic carbocycles. The van der Waals surface area contributed by atoms with Crippen molar-refractivity contribution in [1.82, 2.24) is 19.9 Å². The Morgan fingerprint density at radius 1 is 0.439 bits per heavy atom. The van der Waals surface area contributed by atoms with Gasteiger partial charge in [0, 0.05) is 35.9 Å². The lowest BCUT2D eigenvalue weighted by Crippen LogP contribution is -1.94. The van der Waals surface area contributed by atoms with Gasteiger partial charge in [0.2, 0.25) is 0 Å². The minimum absolute atomic E-state index is 0.741. The van der Waals surface area contributed by atoms with E-state index in [1.54, 1.807) is 0 Å². The monoisotopic (exact) mass is 550 g/mol. The first-order valence-electron chi connectivity index (χ1n) is 15.8. The van der Waals surface area contributed by atoms with Crippen LogP contribution in [0.1, 0.15) is 102 Å². The number of ether oxygens (including phenoxy) is 1. The molecule has 0 unspecified atom stereocenters. The number of rotatable bonds is 18. The molecule has 0 radical (unpaired) electrons. The van der Waals surface area contributed by atoms with Crippen LogP contribution in [0.2, 0.25) is 0 Å². The minimum atomic E-state index is 0.741. The van der Waals surface area contributed by atoms with Crippen molar-refractivity contribution in [1.29, 1.82) is 0 Å². The van der Waals surface area contributed by atoms with Crippen LogP contribution in [0.15, 0.2) is 73.3 Å². The maximum absolute atomic E-state index is 6.08. The van der Waals surface area contributed by atoms with Crippen molar-refractivity contribution in [2.24, 2.45) is 0 Å². The molecule has 2 heterocycles. The zero-order valence-electron chi connectivity index (χ0n) is 25.0. The Morgan fingerprint density at radius 2 is 0.780 bits per heavy atom. The van der Waals surface area contributed by atoms with Crippen LogP contribution in [0.4, 0.5) is 0 Å². The zero-order chi connectivity index (χ0) is 28.5. The number of aryl methyl sites for hydroxylation is 2. The Labute approximate surface area is 246 Å². The summed E-state index contributed by atoms with van der Waals surface area (Å²) in [6.07, 6.45) is 25.6. The second-order valence-electron chi connectivity index (χ2n) is 11.0. The molecule has 41 heavy (non-hydrogen) atoms. The van der Waals surface area contributed by atoms with Crippen molar-refractivity contribution in [2.45, 2.75) is 104 Å². The van der Waals surface area contributed by atoms with E-state index in [2.05, 4.69) is 33.8 Å². The first-order chi connectivity index (χ1) is 20.2. The van der Waals surface area contributed by atoms with Gasteiger partial charge < -0.3 is 4.74 Å². The average Bonchev–Trinajstić information content (AvgIpc) is 3.02. The van der Waals surface area contributed by atoms with Crippen LogP contribution in [0, 0.1) is 0 Å². The van der Waals surface area contributed by atoms with Gasteiger partial charge in [0.25, 0.3) is 0 Å². The van der Waals surface area contributed by atoms with Gasteiger partial charge in [-0.05, 0) is 85.3 Å². The maximum atomic E-state index is 6.08. The lowest BCUT2D eigenvalue weighted by molar-refractivity contribution is 0.483. The van der Waals surface area contributed by atoms with Crippen LogP contribution >= 0.6 is 0 Å². The van der Waals surface area contributed by atoms with Crippen LogP contribution in [0.3, 0.4) is 0 Å². The third kappa shape index (κ3) is 10.4. The van der Waals surface area contributed by atoms with E-state index >= 15 is 0 Å². The van der Waals surface area contributed by atoms with Crippen molar-refractivity contribution in [3.8, 4) is 34.3 Å². The predicted octanol–water partition coefficient (Wildman–Crippen LogP) is 10.2. The summed E-state index contributed by atoms with van der Waals surface area (Å²) in [7, 11) is 0. The first-order valence-corrected chi connectivity index (χ1v) is 15.8. The topological polar surface area (TPSA) is 60.8 Å². The molecule has 0 bridgehead atoms. The van der Waals surface area contributed by atoms with E-state index in [-0.39, 0.29) is 0 Å². The van der Waals surface area contributed by atoms with Crippen LogP contribution in [-0.4, -0.2) is 19.9 Å². The SMILES string of the molecule is CCCCCCCCc1cnc(-c2ccc(Oc3ccc(-c4ncc(CCCCCCCC)cn4)cc3)cc2)nc1. The van der Waals surface area contributed by atoms with Crippen LogP contribution in [0.5, 0.6) is 11.5 Å². The van der Waals surface area contributed by atoms with E-state index in [0.717, 1.165) is 47.1 Å². The third-order valence-electron chi connectivity index (χ3n) is 7.51. The van der Waals surface area contributed by atoms with Crippen LogP contribution in [-0.2, 0) is 12.8 Å². The van der Waals surface area contributed by atoms with Crippen molar-refractivity contribution < 1.29 is 4.74 Å². The summed E-state index contributed by atoms with van der Waals surface area (Å²) in [6.45, 7) is 4.51. The maximum Gasteiger partial charge on any atom is 0.159 e. The van der Waals surface area contributed by atoms with E-state index in [9.17, 15) is 0 Å². The number of unbranched alkanes of at least 4 members (excludes halogenated alkanes) is 10. The molecular formula is C36H46N4O. The Kier molecular flexibility index (Phi) is 12.8. The van der Waals surface area contributed by atoms with Crippen LogP contribution < -0.4 is 4.74 Å². The predicted molar refractivity (Wildman–Crippen MR) is 169 cm³/mol. The van der Waals surface area contributed by atoms with Gasteiger partial charge >= 0.3 is 0 Å². The van der Waals surface area contributed by atoms with Crippen molar-refractivity contribution in [3.63, 3.8) is 0 Å². The molecule has 5 heteroatoms. The van der Waals surface area contributed by atoms with Crippen molar-refractivity contribution in [3.05, 3.63) is 84.4 Å². The van der Waals surface area contributed by atoms with Gasteiger partial charge in [-0.1, -0.05) is 78.1 Å². The zero-order valence-corrected chi connectivity index (χ0v) is 25.0. The molecule has 4 aromatic rings. The average molecular weight is 551 g/mol. The molecule has 0 aliphatic carbocycles. The summed E-state index contributed by atoms with van der Waals surface area (Å²) < 4.78 is 6.08. The Balaban J connectivity index is 1.23. The van der Waals surface area contributed by atoms with E-state index in [0.29, 0.717) is 0 Å². The lowest BCUT2D eigenvalue weighted by Gasteiger charge is -2.08. The highest BCUT2D eigenvalue weighted by Crippen LogP contribution is 2.26. The van der Waals surface area contributed by atoms with Gasteiger partial charge in [-0.25, -0.2) is 19.9 Å². The number of nitrogens with zero attached hydrogens (tertiary/aromatic N) is 4. The van der Waals surface area contributed by atoms with Gasteiger partial charge in [-0.15, -0.1) is 0 Å². The molecule has 0 atom stereocenters. The van der Waals surface area contributed by atoms with E-state index in [4.69, 9.17) is 4.74 Å². The molecule has 2 aromatic heterocycles. The van der Waals surface area contributed by atoms with Gasteiger partial charge in [0.1, 0.15) is 11.5 Å². The molecular weight excluding hydrogens is 504 g/mol. The van der Waals surface area contributed by atoms with Crippen molar-refractivity contribution >= 4 is 0 Å². The minimum Gasteiger partial charge on any atom is -0.457 e. The fourth-order valence-corrected chi connectivity index (χ4v) is 4.96. The van der Waals surface area contributed by atoms with Crippen molar-refractivity contribution in [2.75, 3.05) is 0 Å². The molecule has 0 amide bonds. The van der Waals surface area contributed by atoms with Crippen LogP contribution in [0.25, 0.3) is 22.8 Å². The highest BCUT2D eigenvalue weighted by atomic mass is 16.5. The summed E-state index contributed by atoms with van der Waals surface area (Å²) >= 11 is 0. The second kappa shape index (κ2) is 17.3. The second-order valence-corrected chi connectivity index (χ2v) is 11.0. The Bertz CT molecular complexity index is 1150. The molecule has 0 fully saturated rings. The van der Waals surface area contributed by atoms with E-state index in [1.165, 1.54) is 88.2 Å². The largest absolute Gasteiger partial charge is 0.457 e. The molecule has 0 spiro atoms. The standard InChI is InChI=1S/C36H46N4O/c1-3-5-7-9-11-13-15-29-25-37-35(38-26-29)31-17-21-33(22-18-31)41-34-23-19-32(20-24-34)36-39-27-30(28-40-36)16-14-12-10-8-6-4-2/h17-28H,3-16H2,1-2H3. The number of hydrogen-bond acceptors (Lipinski definition) is 5. The summed E-state index contributed by atoms with van der Waals surface area (Å²) in [5.74, 6) is 3.03. The summed E-state index contributed by atoms with van der Waals surface area (Å²) in [6, 6.07) is 15.9. The molecule has 0 aliphatic rings. The quantitative estimate of drug-likeness (QED) is 0.115. The highest BCUT2D eigenvalue weighted by Gasteiger charge is 2.06. The van der Waals surface area contributed by atoms with Gasteiger partial charge in [-0.3, -0.25) is 0 Å². The molecule has 4 rings (SSSR count). The number of hydrogen-bond donors (Lipinski definition) is 0. The fraction of sp³-hybridized carbons (Fsp3) is 0.444. The Morgan fingerprint density at radius 3 is 1.15 bits per heavy atom. The molecule has 216 valence electrons. The van der Waals surface area contributed by atoms with Gasteiger partial charge in [-0.2, -0.15) is 0 Å². The summed E-state index contributed by atoms with van der Waals surface area (Å²) in [5, 5.41) is 0. The molecule has 5 nitrogen and oxygen atoms in total. The van der Waals surface area contributed by atoms with Gasteiger partial charge in [0.05, 0.1) is 0 Å².